The Bertz CT molecular complexity index is 758. The summed E-state index contributed by atoms with van der Waals surface area (Å²) in [7, 11) is 0. The van der Waals surface area contributed by atoms with Gasteiger partial charge in [0.15, 0.2) is 12.4 Å². The Kier molecular flexibility index (Phi) is 6.01. The number of Topliss-reactive ketones (excluding diaryl/α,β-unsaturated/α-hetero) is 1. The molecule has 0 aliphatic rings. The van der Waals surface area contributed by atoms with Crippen molar-refractivity contribution in [2.75, 3.05) is 13.2 Å². The third-order valence-corrected chi connectivity index (χ3v) is 3.10. The zero-order chi connectivity index (χ0) is 17.4. The van der Waals surface area contributed by atoms with Crippen LogP contribution in [-0.4, -0.2) is 30.1 Å². The fourth-order valence-electron chi connectivity index (χ4n) is 1.98. The zero-order valence-corrected chi connectivity index (χ0v) is 13.0. The van der Waals surface area contributed by atoms with Crippen LogP contribution in [0, 0.1) is 10.1 Å². The maximum atomic E-state index is 11.5. The maximum absolute atomic E-state index is 11.5. The third kappa shape index (κ3) is 4.64. The quantitative estimate of drug-likeness (QED) is 0.244. The van der Waals surface area contributed by atoms with Gasteiger partial charge in [-0.2, -0.15) is 0 Å². The summed E-state index contributed by atoms with van der Waals surface area (Å²) in [5, 5.41) is 14.6. The summed E-state index contributed by atoms with van der Waals surface area (Å²) in [5.74, 6) is 0.400. The predicted octanol–water partition coefficient (Wildman–Crippen LogP) is 3.23. The molecule has 0 fully saturated rings. The largest absolute Gasteiger partial charge is 0.489 e. The molecule has 7 nitrogen and oxygen atoms in total. The van der Waals surface area contributed by atoms with Gasteiger partial charge in [-0.15, -0.1) is 0 Å². The van der Waals surface area contributed by atoms with Gasteiger partial charge in [0, 0.05) is 6.07 Å². The van der Waals surface area contributed by atoms with E-state index < -0.39 is 4.92 Å². The monoisotopic (exact) mass is 328 g/mol. The van der Waals surface area contributed by atoms with Gasteiger partial charge in [0.25, 0.3) is 5.69 Å². The van der Waals surface area contributed by atoms with Crippen molar-refractivity contribution in [3.63, 3.8) is 0 Å². The van der Waals surface area contributed by atoms with E-state index >= 15 is 0 Å². The van der Waals surface area contributed by atoms with Gasteiger partial charge in [-0.05, 0) is 25.1 Å². The summed E-state index contributed by atoms with van der Waals surface area (Å²) in [6.07, 6.45) is 1.28. The number of carbonyl (C=O) groups is 1. The fourth-order valence-corrected chi connectivity index (χ4v) is 1.98. The molecule has 0 atom stereocenters. The molecule has 0 bridgehead atoms. The smallest absolute Gasteiger partial charge is 0.278 e. The second-order valence-electron chi connectivity index (χ2n) is 4.78. The van der Waals surface area contributed by atoms with Crippen molar-refractivity contribution in [1.82, 2.24) is 0 Å². The Balaban J connectivity index is 1.84. The fraction of sp³-hybridized carbons (Fsp3) is 0.176. The van der Waals surface area contributed by atoms with Gasteiger partial charge in [0.2, 0.25) is 0 Å². The molecule has 0 radical (unpaired) electrons. The normalized spacial score (nSPS) is 10.5. The second kappa shape index (κ2) is 8.42. The molecular weight excluding hydrogens is 312 g/mol. The van der Waals surface area contributed by atoms with Crippen LogP contribution in [0.1, 0.15) is 22.8 Å². The van der Waals surface area contributed by atoms with Gasteiger partial charge >= 0.3 is 0 Å². The average Bonchev–Trinajstić information content (AvgIpc) is 2.58. The molecule has 0 aromatic heterocycles. The third-order valence-electron chi connectivity index (χ3n) is 3.10. The number of rotatable bonds is 8. The van der Waals surface area contributed by atoms with E-state index in [4.69, 9.17) is 9.57 Å². The maximum Gasteiger partial charge on any atom is 0.278 e. The highest BCUT2D eigenvalue weighted by molar-refractivity contribution is 5.96. The van der Waals surface area contributed by atoms with Crippen LogP contribution in [0.25, 0.3) is 0 Å². The first-order valence-corrected chi connectivity index (χ1v) is 7.21. The van der Waals surface area contributed by atoms with Crippen LogP contribution >= 0.6 is 0 Å². The zero-order valence-electron chi connectivity index (χ0n) is 13.0. The number of carbonyl (C=O) groups excluding carboxylic acids is 1. The SMILES string of the molecule is CC(=O)c1ccccc1OCCON=Cc1ccccc1[N+](=O)[O-]. The van der Waals surface area contributed by atoms with Gasteiger partial charge in [-0.25, -0.2) is 0 Å². The number of para-hydroxylation sites is 2. The first-order chi connectivity index (χ1) is 11.6. The highest BCUT2D eigenvalue weighted by Gasteiger charge is 2.10. The van der Waals surface area contributed by atoms with Crippen molar-refractivity contribution in [1.29, 1.82) is 0 Å². The van der Waals surface area contributed by atoms with Crippen LogP contribution in [0.2, 0.25) is 0 Å². The second-order valence-corrected chi connectivity index (χ2v) is 4.78. The van der Waals surface area contributed by atoms with Crippen molar-refractivity contribution in [3.8, 4) is 5.75 Å². The molecule has 0 heterocycles. The van der Waals surface area contributed by atoms with E-state index in [1.807, 2.05) is 0 Å². The summed E-state index contributed by atoms with van der Waals surface area (Å²) >= 11 is 0. The van der Waals surface area contributed by atoms with E-state index in [1.165, 1.54) is 19.2 Å². The predicted molar refractivity (Wildman–Crippen MR) is 88.6 cm³/mol. The van der Waals surface area contributed by atoms with Crippen molar-refractivity contribution >= 4 is 17.7 Å². The van der Waals surface area contributed by atoms with Crippen LogP contribution < -0.4 is 4.74 Å². The summed E-state index contributed by atoms with van der Waals surface area (Å²) in [6, 6.07) is 13.1. The Labute approximate surface area is 138 Å². The van der Waals surface area contributed by atoms with Crippen molar-refractivity contribution in [2.45, 2.75) is 6.92 Å². The van der Waals surface area contributed by atoms with Gasteiger partial charge in [0.05, 0.1) is 22.3 Å². The molecule has 0 aliphatic heterocycles. The molecule has 24 heavy (non-hydrogen) atoms. The minimum atomic E-state index is -0.483. The van der Waals surface area contributed by atoms with Crippen molar-refractivity contribution in [2.24, 2.45) is 5.16 Å². The highest BCUT2D eigenvalue weighted by Crippen LogP contribution is 2.18. The number of ketones is 1. The molecule has 2 aromatic rings. The lowest BCUT2D eigenvalue weighted by Gasteiger charge is -2.08. The molecule has 7 heteroatoms. The Morgan fingerprint density at radius 3 is 2.62 bits per heavy atom. The van der Waals surface area contributed by atoms with Crippen LogP contribution in [-0.2, 0) is 4.84 Å². The van der Waals surface area contributed by atoms with Gasteiger partial charge in [0.1, 0.15) is 12.4 Å². The van der Waals surface area contributed by atoms with E-state index in [-0.39, 0.29) is 24.7 Å². The lowest BCUT2D eigenvalue weighted by Crippen LogP contribution is -2.07. The minimum absolute atomic E-state index is 0.0449. The summed E-state index contributed by atoms with van der Waals surface area (Å²) < 4.78 is 5.48. The molecule has 124 valence electrons. The highest BCUT2D eigenvalue weighted by atomic mass is 16.6. The van der Waals surface area contributed by atoms with Crippen molar-refractivity contribution in [3.05, 3.63) is 69.8 Å². The lowest BCUT2D eigenvalue weighted by molar-refractivity contribution is -0.385. The van der Waals surface area contributed by atoms with E-state index in [1.54, 1.807) is 42.5 Å². The van der Waals surface area contributed by atoms with Gasteiger partial charge < -0.3 is 9.57 Å². The number of nitrogens with zero attached hydrogens (tertiary/aromatic N) is 2. The van der Waals surface area contributed by atoms with Crippen LogP contribution in [0.4, 0.5) is 5.69 Å². The molecule has 2 rings (SSSR count). The molecule has 2 aromatic carbocycles. The number of hydrogen-bond acceptors (Lipinski definition) is 6. The van der Waals surface area contributed by atoms with Crippen molar-refractivity contribution < 1.29 is 19.3 Å². The summed E-state index contributed by atoms with van der Waals surface area (Å²) in [4.78, 5) is 26.9. The molecule has 0 unspecified atom stereocenters. The number of nitro groups is 1. The molecule has 0 amide bonds. The average molecular weight is 328 g/mol. The molecule has 0 saturated heterocycles. The standard InChI is InChI=1S/C17H16N2O5/c1-13(20)15-7-3-5-9-17(15)23-10-11-24-18-12-14-6-2-4-8-16(14)19(21)22/h2-9,12H,10-11H2,1H3. The van der Waals surface area contributed by atoms with Crippen LogP contribution in [0.5, 0.6) is 5.75 Å². The molecule has 0 N–H and O–H groups in total. The summed E-state index contributed by atoms with van der Waals surface area (Å²) in [5.41, 5.74) is 0.808. The van der Waals surface area contributed by atoms with Gasteiger partial charge in [-0.3, -0.25) is 14.9 Å². The molecular formula is C17H16N2O5. The van der Waals surface area contributed by atoms with E-state index in [2.05, 4.69) is 5.16 Å². The number of oxime groups is 1. The van der Waals surface area contributed by atoms with Crippen LogP contribution in [0.15, 0.2) is 53.7 Å². The number of ether oxygens (including phenoxy) is 1. The first kappa shape index (κ1) is 17.1. The summed E-state index contributed by atoms with van der Waals surface area (Å²) in [6.45, 7) is 1.80. The Morgan fingerprint density at radius 1 is 1.17 bits per heavy atom. The first-order valence-electron chi connectivity index (χ1n) is 7.21. The van der Waals surface area contributed by atoms with E-state index in [0.29, 0.717) is 16.9 Å². The molecule has 0 aliphatic carbocycles. The minimum Gasteiger partial charge on any atom is -0.489 e. The number of benzene rings is 2. The van der Waals surface area contributed by atoms with E-state index in [0.717, 1.165) is 0 Å². The molecule has 0 saturated carbocycles. The number of nitro benzene ring substituents is 1. The number of hydrogen-bond donors (Lipinski definition) is 0. The van der Waals surface area contributed by atoms with E-state index in [9.17, 15) is 14.9 Å². The van der Waals surface area contributed by atoms with Gasteiger partial charge in [-0.1, -0.05) is 29.4 Å². The molecule has 0 spiro atoms. The van der Waals surface area contributed by atoms with Crippen LogP contribution in [0.3, 0.4) is 0 Å². The topological polar surface area (TPSA) is 91.0 Å². The Hall–Kier alpha value is -3.22. The lowest BCUT2D eigenvalue weighted by atomic mass is 10.1. The Morgan fingerprint density at radius 2 is 1.88 bits per heavy atom.